The van der Waals surface area contributed by atoms with Gasteiger partial charge in [-0.1, -0.05) is 26.2 Å². The van der Waals surface area contributed by atoms with Crippen LogP contribution in [-0.4, -0.2) is 49.2 Å². The highest BCUT2D eigenvalue weighted by Gasteiger charge is 2.48. The Bertz CT molecular complexity index is 303. The van der Waals surface area contributed by atoms with E-state index in [1.54, 1.807) is 0 Å². The summed E-state index contributed by atoms with van der Waals surface area (Å²) in [6, 6.07) is 0. The minimum Gasteiger partial charge on any atom is -0.465 e. The van der Waals surface area contributed by atoms with Crippen LogP contribution in [0, 0.1) is 5.92 Å². The molecule has 2 rings (SSSR count). The van der Waals surface area contributed by atoms with Crippen LogP contribution in [0.15, 0.2) is 0 Å². The zero-order chi connectivity index (χ0) is 13.7. The van der Waals surface area contributed by atoms with Crippen molar-refractivity contribution >= 4 is 5.97 Å². The van der Waals surface area contributed by atoms with E-state index in [9.17, 15) is 4.79 Å². The molecule has 0 aromatic carbocycles. The number of rotatable bonds is 4. The molecule has 0 aromatic rings. The SMILES string of the molecule is CCOC(=O)C1(N2CCNCC2)CCCC(CC)C1. The maximum atomic E-state index is 12.6. The number of carbonyl (C=O) groups is 1. The molecule has 1 aliphatic heterocycles. The molecule has 19 heavy (non-hydrogen) atoms. The Hall–Kier alpha value is -0.610. The predicted octanol–water partition coefficient (Wildman–Crippen LogP) is 1.79. The summed E-state index contributed by atoms with van der Waals surface area (Å²) in [5, 5.41) is 3.37. The van der Waals surface area contributed by atoms with Crippen molar-refractivity contribution < 1.29 is 9.53 Å². The second-order valence-electron chi connectivity index (χ2n) is 5.86. The molecule has 2 aliphatic rings. The van der Waals surface area contributed by atoms with Crippen LogP contribution < -0.4 is 5.32 Å². The summed E-state index contributed by atoms with van der Waals surface area (Å²) < 4.78 is 5.43. The number of carbonyl (C=O) groups excluding carboxylic acids is 1. The van der Waals surface area contributed by atoms with Crippen molar-refractivity contribution in [1.29, 1.82) is 0 Å². The Kier molecular flexibility index (Phi) is 5.22. The van der Waals surface area contributed by atoms with Crippen LogP contribution in [-0.2, 0) is 9.53 Å². The average Bonchev–Trinajstić information content (AvgIpc) is 2.48. The summed E-state index contributed by atoms with van der Waals surface area (Å²) in [5.41, 5.74) is -0.336. The van der Waals surface area contributed by atoms with E-state index < -0.39 is 0 Å². The summed E-state index contributed by atoms with van der Waals surface area (Å²) in [6.07, 6.45) is 5.56. The summed E-state index contributed by atoms with van der Waals surface area (Å²) >= 11 is 0. The number of nitrogens with zero attached hydrogens (tertiary/aromatic N) is 1. The van der Waals surface area contributed by atoms with Crippen molar-refractivity contribution in [2.45, 2.75) is 51.5 Å². The fourth-order valence-electron chi connectivity index (χ4n) is 3.67. The smallest absolute Gasteiger partial charge is 0.326 e. The Morgan fingerprint density at radius 3 is 2.74 bits per heavy atom. The van der Waals surface area contributed by atoms with Crippen LogP contribution in [0.1, 0.15) is 46.0 Å². The van der Waals surface area contributed by atoms with Gasteiger partial charge in [0.05, 0.1) is 6.61 Å². The summed E-state index contributed by atoms with van der Waals surface area (Å²) in [7, 11) is 0. The molecule has 4 nitrogen and oxygen atoms in total. The van der Waals surface area contributed by atoms with Crippen molar-refractivity contribution in [2.24, 2.45) is 5.92 Å². The molecule has 0 aromatic heterocycles. The van der Waals surface area contributed by atoms with Gasteiger partial charge in [-0.3, -0.25) is 9.69 Å². The van der Waals surface area contributed by atoms with E-state index in [1.165, 1.54) is 12.8 Å². The molecule has 0 amide bonds. The lowest BCUT2D eigenvalue weighted by molar-refractivity contribution is -0.162. The number of hydrogen-bond donors (Lipinski definition) is 1. The van der Waals surface area contributed by atoms with E-state index in [1.807, 2.05) is 6.92 Å². The van der Waals surface area contributed by atoms with Gasteiger partial charge in [-0.2, -0.15) is 0 Å². The van der Waals surface area contributed by atoms with Gasteiger partial charge in [0.25, 0.3) is 0 Å². The molecule has 1 aliphatic carbocycles. The molecule has 0 radical (unpaired) electrons. The molecule has 1 saturated heterocycles. The lowest BCUT2D eigenvalue weighted by atomic mass is 9.73. The zero-order valence-corrected chi connectivity index (χ0v) is 12.4. The monoisotopic (exact) mass is 268 g/mol. The van der Waals surface area contributed by atoms with Gasteiger partial charge in [0.1, 0.15) is 5.54 Å². The van der Waals surface area contributed by atoms with Crippen LogP contribution in [0.25, 0.3) is 0 Å². The first-order valence-corrected chi connectivity index (χ1v) is 7.86. The third kappa shape index (κ3) is 3.11. The fraction of sp³-hybridized carbons (Fsp3) is 0.933. The number of piperazine rings is 1. The van der Waals surface area contributed by atoms with E-state index in [0.717, 1.165) is 45.4 Å². The summed E-state index contributed by atoms with van der Waals surface area (Å²) in [4.78, 5) is 15.0. The molecule has 2 fully saturated rings. The van der Waals surface area contributed by atoms with Gasteiger partial charge in [-0.25, -0.2) is 0 Å². The maximum Gasteiger partial charge on any atom is 0.326 e. The van der Waals surface area contributed by atoms with Crippen molar-refractivity contribution in [3.63, 3.8) is 0 Å². The second kappa shape index (κ2) is 6.71. The predicted molar refractivity (Wildman–Crippen MR) is 76.1 cm³/mol. The highest BCUT2D eigenvalue weighted by atomic mass is 16.5. The fourth-order valence-corrected chi connectivity index (χ4v) is 3.67. The number of esters is 1. The molecule has 2 unspecified atom stereocenters. The summed E-state index contributed by atoms with van der Waals surface area (Å²) in [6.45, 7) is 8.54. The molecule has 2 atom stereocenters. The zero-order valence-electron chi connectivity index (χ0n) is 12.4. The third-order valence-electron chi connectivity index (χ3n) is 4.78. The molecule has 1 saturated carbocycles. The van der Waals surface area contributed by atoms with Crippen LogP contribution in [0.5, 0.6) is 0 Å². The Labute approximate surface area is 116 Å². The first-order valence-electron chi connectivity index (χ1n) is 7.86. The molecular weight excluding hydrogens is 240 g/mol. The summed E-state index contributed by atoms with van der Waals surface area (Å²) in [5.74, 6) is 0.697. The van der Waals surface area contributed by atoms with Gasteiger partial charge in [0.15, 0.2) is 0 Å². The minimum absolute atomic E-state index is 0.0232. The first kappa shape index (κ1) is 14.8. The third-order valence-corrected chi connectivity index (χ3v) is 4.78. The van der Waals surface area contributed by atoms with Crippen LogP contribution in [0.3, 0.4) is 0 Å². The van der Waals surface area contributed by atoms with Gasteiger partial charge < -0.3 is 10.1 Å². The van der Waals surface area contributed by atoms with Crippen molar-refractivity contribution in [3.8, 4) is 0 Å². The normalized spacial score (nSPS) is 33.1. The topological polar surface area (TPSA) is 41.6 Å². The molecule has 1 heterocycles. The highest BCUT2D eigenvalue weighted by molar-refractivity contribution is 5.81. The molecule has 4 heteroatoms. The minimum atomic E-state index is -0.336. The Morgan fingerprint density at radius 2 is 2.11 bits per heavy atom. The van der Waals surface area contributed by atoms with Crippen LogP contribution in [0.4, 0.5) is 0 Å². The molecule has 0 bridgehead atoms. The molecule has 0 spiro atoms. The van der Waals surface area contributed by atoms with Gasteiger partial charge in [-0.15, -0.1) is 0 Å². The van der Waals surface area contributed by atoms with Crippen LogP contribution in [0.2, 0.25) is 0 Å². The molecule has 1 N–H and O–H groups in total. The Morgan fingerprint density at radius 1 is 1.37 bits per heavy atom. The van der Waals surface area contributed by atoms with Crippen molar-refractivity contribution in [3.05, 3.63) is 0 Å². The van der Waals surface area contributed by atoms with E-state index in [-0.39, 0.29) is 11.5 Å². The number of hydrogen-bond acceptors (Lipinski definition) is 4. The quantitative estimate of drug-likeness (QED) is 0.789. The highest BCUT2D eigenvalue weighted by Crippen LogP contribution is 2.39. The van der Waals surface area contributed by atoms with E-state index in [0.29, 0.717) is 12.5 Å². The Balaban J connectivity index is 2.18. The number of nitrogens with one attached hydrogen (secondary N) is 1. The maximum absolute atomic E-state index is 12.6. The number of ether oxygens (including phenoxy) is 1. The standard InChI is InChI=1S/C15H28N2O2/c1-3-13-6-5-7-15(12-13,14(18)19-4-2)17-10-8-16-9-11-17/h13,16H,3-12H2,1-2H3. The first-order chi connectivity index (χ1) is 9.23. The molecular formula is C15H28N2O2. The van der Waals surface area contributed by atoms with Gasteiger partial charge in [0.2, 0.25) is 0 Å². The van der Waals surface area contributed by atoms with Crippen LogP contribution >= 0.6 is 0 Å². The van der Waals surface area contributed by atoms with Gasteiger partial charge in [-0.05, 0) is 25.7 Å². The van der Waals surface area contributed by atoms with E-state index in [4.69, 9.17) is 4.74 Å². The lowest BCUT2D eigenvalue weighted by Gasteiger charge is -2.48. The van der Waals surface area contributed by atoms with E-state index in [2.05, 4.69) is 17.1 Å². The average molecular weight is 268 g/mol. The van der Waals surface area contributed by atoms with E-state index >= 15 is 0 Å². The van der Waals surface area contributed by atoms with Crippen molar-refractivity contribution in [2.75, 3.05) is 32.8 Å². The lowest BCUT2D eigenvalue weighted by Crippen LogP contribution is -2.62. The van der Waals surface area contributed by atoms with Crippen molar-refractivity contribution in [1.82, 2.24) is 10.2 Å². The largest absolute Gasteiger partial charge is 0.465 e. The molecule has 110 valence electrons. The van der Waals surface area contributed by atoms with Gasteiger partial charge >= 0.3 is 5.97 Å². The second-order valence-corrected chi connectivity index (χ2v) is 5.86. The van der Waals surface area contributed by atoms with Gasteiger partial charge in [0, 0.05) is 26.2 Å².